The van der Waals surface area contributed by atoms with E-state index in [1.54, 1.807) is 23.9 Å². The number of carbonyl (C=O) groups is 1. The zero-order chi connectivity index (χ0) is 10.4. The normalized spacial score (nSPS) is 10.1. The second kappa shape index (κ2) is 5.72. The van der Waals surface area contributed by atoms with Gasteiger partial charge in [-0.3, -0.25) is 4.79 Å². The molecule has 14 heavy (non-hydrogen) atoms. The highest BCUT2D eigenvalue weighted by Gasteiger charge is 2.09. The molecule has 1 heterocycles. The minimum absolute atomic E-state index is 0.0654. The monoisotopic (exact) mass is 215 g/mol. The number of amides is 1. The standard InChI is InChI=1S/C9H13NO3S/c1-14-6-7-2-3-8(13-7)9(12)10-4-5-11/h2-3,11H,4-6H2,1H3,(H,10,12). The number of thioether (sulfide) groups is 1. The summed E-state index contributed by atoms with van der Waals surface area (Å²) in [5.41, 5.74) is 0. The molecule has 1 aromatic heterocycles. The fourth-order valence-electron chi connectivity index (χ4n) is 0.976. The van der Waals surface area contributed by atoms with Gasteiger partial charge < -0.3 is 14.8 Å². The maximum atomic E-state index is 11.3. The Morgan fingerprint density at radius 3 is 3.07 bits per heavy atom. The van der Waals surface area contributed by atoms with E-state index in [4.69, 9.17) is 9.52 Å². The molecule has 0 radical (unpaired) electrons. The lowest BCUT2D eigenvalue weighted by atomic mass is 10.4. The van der Waals surface area contributed by atoms with Crippen molar-refractivity contribution in [2.45, 2.75) is 5.75 Å². The Kier molecular flexibility index (Phi) is 4.55. The minimum Gasteiger partial charge on any atom is -0.455 e. The summed E-state index contributed by atoms with van der Waals surface area (Å²) in [6.45, 7) is 0.182. The molecule has 0 aromatic carbocycles. The van der Waals surface area contributed by atoms with Crippen LogP contribution in [0.4, 0.5) is 0 Å². The van der Waals surface area contributed by atoms with Gasteiger partial charge in [-0.1, -0.05) is 0 Å². The van der Waals surface area contributed by atoms with Crippen LogP contribution in [0, 0.1) is 0 Å². The largest absolute Gasteiger partial charge is 0.455 e. The highest BCUT2D eigenvalue weighted by Crippen LogP contribution is 2.13. The van der Waals surface area contributed by atoms with Crippen LogP contribution < -0.4 is 5.32 Å². The van der Waals surface area contributed by atoms with E-state index in [2.05, 4.69) is 5.32 Å². The molecule has 78 valence electrons. The van der Waals surface area contributed by atoms with Crippen molar-refractivity contribution < 1.29 is 14.3 Å². The van der Waals surface area contributed by atoms with Gasteiger partial charge in [0.05, 0.1) is 12.4 Å². The maximum Gasteiger partial charge on any atom is 0.287 e. The molecule has 0 atom stereocenters. The quantitative estimate of drug-likeness (QED) is 0.765. The summed E-state index contributed by atoms with van der Waals surface area (Å²) in [6.07, 6.45) is 1.97. The Hall–Kier alpha value is -0.940. The van der Waals surface area contributed by atoms with E-state index in [-0.39, 0.29) is 19.1 Å². The van der Waals surface area contributed by atoms with E-state index in [0.717, 1.165) is 11.5 Å². The second-order valence-corrected chi connectivity index (χ2v) is 3.54. The predicted octanol–water partition coefficient (Wildman–Crippen LogP) is 0.865. The van der Waals surface area contributed by atoms with Crippen molar-refractivity contribution in [2.75, 3.05) is 19.4 Å². The molecule has 0 aliphatic carbocycles. The molecule has 2 N–H and O–H groups in total. The molecule has 5 heteroatoms. The first-order valence-corrected chi connectivity index (χ1v) is 5.64. The van der Waals surface area contributed by atoms with Crippen LogP contribution in [-0.2, 0) is 5.75 Å². The van der Waals surface area contributed by atoms with E-state index in [9.17, 15) is 4.79 Å². The van der Waals surface area contributed by atoms with Gasteiger partial charge in [-0.2, -0.15) is 11.8 Å². The second-order valence-electron chi connectivity index (χ2n) is 2.68. The summed E-state index contributed by atoms with van der Waals surface area (Å²) in [5.74, 6) is 1.55. The molecule has 0 saturated carbocycles. The van der Waals surface area contributed by atoms with Gasteiger partial charge in [0.25, 0.3) is 5.91 Å². The van der Waals surface area contributed by atoms with Crippen molar-refractivity contribution >= 4 is 17.7 Å². The fourth-order valence-corrected chi connectivity index (χ4v) is 1.42. The van der Waals surface area contributed by atoms with Crippen LogP contribution in [0.2, 0.25) is 0 Å². The Morgan fingerprint density at radius 1 is 1.64 bits per heavy atom. The topological polar surface area (TPSA) is 62.5 Å². The smallest absolute Gasteiger partial charge is 0.287 e. The molecular weight excluding hydrogens is 202 g/mol. The molecule has 0 saturated heterocycles. The first-order chi connectivity index (χ1) is 6.77. The van der Waals surface area contributed by atoms with Gasteiger partial charge in [0.15, 0.2) is 5.76 Å². The van der Waals surface area contributed by atoms with E-state index < -0.39 is 0 Å². The zero-order valence-corrected chi connectivity index (χ0v) is 8.76. The van der Waals surface area contributed by atoms with E-state index in [1.807, 2.05) is 6.26 Å². The molecule has 0 unspecified atom stereocenters. The lowest BCUT2D eigenvalue weighted by molar-refractivity contribution is 0.0915. The number of hydrogen-bond acceptors (Lipinski definition) is 4. The van der Waals surface area contributed by atoms with Gasteiger partial charge in [0.2, 0.25) is 0 Å². The molecule has 0 spiro atoms. The SMILES string of the molecule is CSCc1ccc(C(=O)NCCO)o1. The molecule has 1 amide bonds. The number of carbonyl (C=O) groups excluding carboxylic acids is 1. The lowest BCUT2D eigenvalue weighted by Crippen LogP contribution is -2.25. The third-order valence-electron chi connectivity index (χ3n) is 1.57. The lowest BCUT2D eigenvalue weighted by Gasteiger charge is -1.98. The molecule has 4 nitrogen and oxygen atoms in total. The number of rotatable bonds is 5. The molecule has 1 aromatic rings. The van der Waals surface area contributed by atoms with Crippen LogP contribution in [0.5, 0.6) is 0 Å². The Morgan fingerprint density at radius 2 is 2.43 bits per heavy atom. The summed E-state index contributed by atoms with van der Waals surface area (Å²) >= 11 is 1.63. The Bertz CT molecular complexity index is 298. The van der Waals surface area contributed by atoms with Crippen LogP contribution in [0.15, 0.2) is 16.5 Å². The number of nitrogens with one attached hydrogen (secondary N) is 1. The Balaban J connectivity index is 2.53. The number of aliphatic hydroxyl groups is 1. The summed E-state index contributed by atoms with van der Waals surface area (Å²) in [7, 11) is 0. The third-order valence-corrected chi connectivity index (χ3v) is 2.14. The van der Waals surface area contributed by atoms with Crippen molar-refractivity contribution in [2.24, 2.45) is 0 Å². The van der Waals surface area contributed by atoms with Gasteiger partial charge >= 0.3 is 0 Å². The van der Waals surface area contributed by atoms with Crippen molar-refractivity contribution in [1.29, 1.82) is 0 Å². The van der Waals surface area contributed by atoms with Gasteiger partial charge in [-0.05, 0) is 18.4 Å². The molecular formula is C9H13NO3S. The van der Waals surface area contributed by atoms with Gasteiger partial charge in [0.1, 0.15) is 5.76 Å². The summed E-state index contributed by atoms with van der Waals surface area (Å²) in [6, 6.07) is 3.42. The molecule has 0 fully saturated rings. The van der Waals surface area contributed by atoms with Crippen molar-refractivity contribution in [3.05, 3.63) is 23.7 Å². The fraction of sp³-hybridized carbons (Fsp3) is 0.444. The minimum atomic E-state index is -0.286. The van der Waals surface area contributed by atoms with Gasteiger partial charge in [0, 0.05) is 6.54 Å². The van der Waals surface area contributed by atoms with E-state index in [1.165, 1.54) is 0 Å². The first kappa shape index (κ1) is 11.1. The molecule has 0 aliphatic rings. The van der Waals surface area contributed by atoms with Crippen LogP contribution in [-0.4, -0.2) is 30.4 Å². The van der Waals surface area contributed by atoms with Crippen molar-refractivity contribution in [3.8, 4) is 0 Å². The van der Waals surface area contributed by atoms with Crippen molar-refractivity contribution in [3.63, 3.8) is 0 Å². The first-order valence-electron chi connectivity index (χ1n) is 4.24. The summed E-state index contributed by atoms with van der Waals surface area (Å²) in [5, 5.41) is 11.0. The third kappa shape index (κ3) is 3.08. The van der Waals surface area contributed by atoms with Gasteiger partial charge in [-0.25, -0.2) is 0 Å². The highest BCUT2D eigenvalue weighted by atomic mass is 32.2. The molecule has 0 bridgehead atoms. The zero-order valence-electron chi connectivity index (χ0n) is 7.95. The summed E-state index contributed by atoms with van der Waals surface area (Å²) < 4.78 is 5.27. The number of hydrogen-bond donors (Lipinski definition) is 2. The molecule has 0 aliphatic heterocycles. The van der Waals surface area contributed by atoms with Crippen LogP contribution in [0.25, 0.3) is 0 Å². The van der Waals surface area contributed by atoms with Gasteiger partial charge in [-0.15, -0.1) is 0 Å². The number of furan rings is 1. The van der Waals surface area contributed by atoms with Crippen LogP contribution in [0.1, 0.15) is 16.3 Å². The van der Waals surface area contributed by atoms with Crippen molar-refractivity contribution in [1.82, 2.24) is 5.32 Å². The van der Waals surface area contributed by atoms with Crippen LogP contribution in [0.3, 0.4) is 0 Å². The van der Waals surface area contributed by atoms with Crippen LogP contribution >= 0.6 is 11.8 Å². The Labute approximate surface area is 86.7 Å². The highest BCUT2D eigenvalue weighted by molar-refractivity contribution is 7.97. The number of aliphatic hydroxyl groups excluding tert-OH is 1. The average Bonchev–Trinajstić information content (AvgIpc) is 2.63. The maximum absolute atomic E-state index is 11.3. The average molecular weight is 215 g/mol. The predicted molar refractivity (Wildman–Crippen MR) is 55.3 cm³/mol. The summed E-state index contributed by atoms with van der Waals surface area (Å²) in [4.78, 5) is 11.3. The van der Waals surface area contributed by atoms with E-state index >= 15 is 0 Å². The van der Waals surface area contributed by atoms with E-state index in [0.29, 0.717) is 5.76 Å². The molecule has 1 rings (SSSR count).